The third kappa shape index (κ3) is 2.61. The third-order valence-corrected chi connectivity index (χ3v) is 2.76. The van der Waals surface area contributed by atoms with Crippen molar-refractivity contribution in [1.82, 2.24) is 0 Å². The molecular formula is C13H14O5. The molecule has 1 aromatic carbocycles. The summed E-state index contributed by atoms with van der Waals surface area (Å²) in [6.45, 7) is 0.869. The molecule has 0 spiro atoms. The van der Waals surface area contributed by atoms with Crippen molar-refractivity contribution < 1.29 is 24.2 Å². The maximum Gasteiger partial charge on any atom is 0.303 e. The fraction of sp³-hybridized carbons (Fsp3) is 0.385. The molecular weight excluding hydrogens is 236 g/mol. The van der Waals surface area contributed by atoms with E-state index in [0.29, 0.717) is 43.1 Å². The second-order valence-corrected chi connectivity index (χ2v) is 4.03. The van der Waals surface area contributed by atoms with Crippen LogP contribution in [0.25, 0.3) is 0 Å². The van der Waals surface area contributed by atoms with E-state index in [0.717, 1.165) is 11.8 Å². The van der Waals surface area contributed by atoms with Gasteiger partial charge in [-0.2, -0.15) is 0 Å². The topological polar surface area (TPSA) is 72.8 Å². The smallest absolute Gasteiger partial charge is 0.303 e. The minimum absolute atomic E-state index is 0.116. The molecule has 5 heteroatoms. The first-order valence-electron chi connectivity index (χ1n) is 5.81. The molecule has 1 N–H and O–H groups in total. The molecule has 5 nitrogen and oxygen atoms in total. The third-order valence-electron chi connectivity index (χ3n) is 2.76. The highest BCUT2D eigenvalue weighted by Crippen LogP contribution is 2.37. The Morgan fingerprint density at radius 1 is 1.28 bits per heavy atom. The first-order valence-corrected chi connectivity index (χ1v) is 5.81. The van der Waals surface area contributed by atoms with Gasteiger partial charge in [-0.3, -0.25) is 9.59 Å². The van der Waals surface area contributed by atoms with Crippen LogP contribution in [0.5, 0.6) is 11.5 Å². The molecule has 1 aliphatic heterocycles. The molecule has 0 atom stereocenters. The number of aliphatic carboxylic acids is 1. The quantitative estimate of drug-likeness (QED) is 0.805. The van der Waals surface area contributed by atoms with Gasteiger partial charge in [-0.15, -0.1) is 0 Å². The first kappa shape index (κ1) is 12.4. The van der Waals surface area contributed by atoms with Crippen molar-refractivity contribution in [3.05, 3.63) is 23.3 Å². The van der Waals surface area contributed by atoms with Gasteiger partial charge in [0, 0.05) is 6.42 Å². The number of carbonyl (C=O) groups excluding carboxylic acids is 1. The van der Waals surface area contributed by atoms with Crippen LogP contribution in [0, 0.1) is 0 Å². The van der Waals surface area contributed by atoms with Gasteiger partial charge in [0.05, 0.1) is 5.56 Å². The Bertz CT molecular complexity index is 467. The van der Waals surface area contributed by atoms with Crippen LogP contribution < -0.4 is 9.47 Å². The maximum atomic E-state index is 10.9. The van der Waals surface area contributed by atoms with E-state index in [1.807, 2.05) is 0 Å². The van der Waals surface area contributed by atoms with Crippen molar-refractivity contribution in [1.29, 1.82) is 0 Å². The largest absolute Gasteiger partial charge is 0.486 e. The van der Waals surface area contributed by atoms with Crippen LogP contribution in [0.4, 0.5) is 0 Å². The van der Waals surface area contributed by atoms with E-state index < -0.39 is 5.97 Å². The van der Waals surface area contributed by atoms with Gasteiger partial charge in [0.2, 0.25) is 0 Å². The summed E-state index contributed by atoms with van der Waals surface area (Å²) in [5, 5.41) is 8.61. The normalized spacial score (nSPS) is 13.1. The van der Waals surface area contributed by atoms with E-state index >= 15 is 0 Å². The van der Waals surface area contributed by atoms with E-state index in [1.54, 1.807) is 12.1 Å². The molecule has 0 radical (unpaired) electrons. The van der Waals surface area contributed by atoms with Crippen molar-refractivity contribution in [3.8, 4) is 11.5 Å². The van der Waals surface area contributed by atoms with E-state index in [4.69, 9.17) is 14.6 Å². The number of ether oxygens (including phenoxy) is 2. The molecule has 0 saturated carbocycles. The van der Waals surface area contributed by atoms with Gasteiger partial charge in [0.1, 0.15) is 13.2 Å². The molecule has 0 aliphatic carbocycles. The fourth-order valence-electron chi connectivity index (χ4n) is 1.93. The van der Waals surface area contributed by atoms with Gasteiger partial charge in [-0.25, -0.2) is 0 Å². The molecule has 2 rings (SSSR count). The summed E-state index contributed by atoms with van der Waals surface area (Å²) >= 11 is 0. The second kappa shape index (κ2) is 5.53. The molecule has 0 amide bonds. The number of rotatable bonds is 5. The standard InChI is InChI=1S/C13H14O5/c14-8-10-5-4-9(2-1-3-11(15)16)12-13(10)18-7-6-17-12/h4-5,8H,1-3,6-7H2,(H,15,16). The van der Waals surface area contributed by atoms with Crippen LogP contribution >= 0.6 is 0 Å². The summed E-state index contributed by atoms with van der Waals surface area (Å²) in [4.78, 5) is 21.4. The Morgan fingerprint density at radius 2 is 2.00 bits per heavy atom. The first-order chi connectivity index (χ1) is 8.72. The number of carbonyl (C=O) groups is 2. The van der Waals surface area contributed by atoms with Crippen LogP contribution in [-0.4, -0.2) is 30.6 Å². The van der Waals surface area contributed by atoms with Crippen molar-refractivity contribution in [2.45, 2.75) is 19.3 Å². The zero-order valence-electron chi connectivity index (χ0n) is 9.85. The number of carboxylic acid groups (broad SMARTS) is 1. The second-order valence-electron chi connectivity index (χ2n) is 4.03. The number of fused-ring (bicyclic) bond motifs is 1. The summed E-state index contributed by atoms with van der Waals surface area (Å²) in [5.74, 6) is 0.242. The minimum atomic E-state index is -0.814. The Morgan fingerprint density at radius 3 is 2.67 bits per heavy atom. The van der Waals surface area contributed by atoms with Crippen molar-refractivity contribution in [3.63, 3.8) is 0 Å². The number of carboxylic acids is 1. The van der Waals surface area contributed by atoms with Crippen LogP contribution in [0.3, 0.4) is 0 Å². The Balaban J connectivity index is 2.20. The zero-order chi connectivity index (χ0) is 13.0. The number of aldehydes is 1. The maximum absolute atomic E-state index is 10.9. The van der Waals surface area contributed by atoms with Gasteiger partial charge in [-0.1, -0.05) is 6.07 Å². The summed E-state index contributed by atoms with van der Waals surface area (Å²) in [5.41, 5.74) is 1.35. The predicted octanol–water partition coefficient (Wildman–Crippen LogP) is 1.68. The van der Waals surface area contributed by atoms with Crippen LogP contribution in [0.15, 0.2) is 12.1 Å². The fourth-order valence-corrected chi connectivity index (χ4v) is 1.93. The van der Waals surface area contributed by atoms with Gasteiger partial charge in [-0.05, 0) is 24.5 Å². The molecule has 0 unspecified atom stereocenters. The van der Waals surface area contributed by atoms with Crippen LogP contribution in [-0.2, 0) is 11.2 Å². The Kier molecular flexibility index (Phi) is 3.82. The van der Waals surface area contributed by atoms with Crippen LogP contribution in [0.2, 0.25) is 0 Å². The van der Waals surface area contributed by atoms with Crippen molar-refractivity contribution in [2.75, 3.05) is 13.2 Å². The van der Waals surface area contributed by atoms with Crippen LogP contribution in [0.1, 0.15) is 28.8 Å². The van der Waals surface area contributed by atoms with Gasteiger partial charge in [0.25, 0.3) is 0 Å². The molecule has 0 fully saturated rings. The Labute approximate surface area is 104 Å². The number of aryl methyl sites for hydroxylation is 1. The number of benzene rings is 1. The summed E-state index contributed by atoms with van der Waals surface area (Å²) in [6.07, 6.45) is 1.97. The average molecular weight is 250 g/mol. The van der Waals surface area contributed by atoms with Gasteiger partial charge < -0.3 is 14.6 Å². The lowest BCUT2D eigenvalue weighted by Crippen LogP contribution is -2.18. The van der Waals surface area contributed by atoms with E-state index in [1.165, 1.54) is 0 Å². The van der Waals surface area contributed by atoms with Crippen molar-refractivity contribution in [2.24, 2.45) is 0 Å². The average Bonchev–Trinajstić information content (AvgIpc) is 2.38. The van der Waals surface area contributed by atoms with Gasteiger partial charge in [0.15, 0.2) is 17.8 Å². The number of hydrogen-bond acceptors (Lipinski definition) is 4. The minimum Gasteiger partial charge on any atom is -0.486 e. The van der Waals surface area contributed by atoms with Crippen molar-refractivity contribution >= 4 is 12.3 Å². The zero-order valence-corrected chi connectivity index (χ0v) is 9.85. The van der Waals surface area contributed by atoms with E-state index in [2.05, 4.69) is 0 Å². The highest BCUT2D eigenvalue weighted by molar-refractivity contribution is 5.82. The molecule has 0 aromatic heterocycles. The molecule has 1 aliphatic rings. The molecule has 1 heterocycles. The highest BCUT2D eigenvalue weighted by Gasteiger charge is 2.19. The van der Waals surface area contributed by atoms with Gasteiger partial charge >= 0.3 is 5.97 Å². The lowest BCUT2D eigenvalue weighted by molar-refractivity contribution is -0.137. The van der Waals surface area contributed by atoms with E-state index in [-0.39, 0.29) is 6.42 Å². The summed E-state index contributed by atoms with van der Waals surface area (Å²) in [6, 6.07) is 3.47. The number of hydrogen-bond donors (Lipinski definition) is 1. The lowest BCUT2D eigenvalue weighted by Gasteiger charge is -2.22. The predicted molar refractivity (Wildman–Crippen MR) is 63.4 cm³/mol. The molecule has 96 valence electrons. The molecule has 1 aromatic rings. The Hall–Kier alpha value is -2.04. The molecule has 18 heavy (non-hydrogen) atoms. The summed E-state index contributed by atoms with van der Waals surface area (Å²) < 4.78 is 11.0. The highest BCUT2D eigenvalue weighted by atomic mass is 16.6. The molecule has 0 saturated heterocycles. The molecule has 0 bridgehead atoms. The lowest BCUT2D eigenvalue weighted by atomic mass is 10.0. The summed E-state index contributed by atoms with van der Waals surface area (Å²) in [7, 11) is 0. The monoisotopic (exact) mass is 250 g/mol. The SMILES string of the molecule is O=Cc1ccc(CCCC(=O)O)c2c1OCCO2. The van der Waals surface area contributed by atoms with E-state index in [9.17, 15) is 9.59 Å².